The predicted octanol–water partition coefficient (Wildman–Crippen LogP) is 6.81. The van der Waals surface area contributed by atoms with Crippen LogP contribution in [0.4, 0.5) is 17.2 Å². The lowest BCUT2D eigenvalue weighted by Crippen LogP contribution is -2.11. The maximum Gasteiger partial charge on any atom is 0.224 e. The van der Waals surface area contributed by atoms with Gasteiger partial charge in [-0.25, -0.2) is 0 Å². The van der Waals surface area contributed by atoms with E-state index >= 15 is 0 Å². The highest BCUT2D eigenvalue weighted by Crippen LogP contribution is 2.35. The molecule has 170 valence electrons. The van der Waals surface area contributed by atoms with Crippen LogP contribution in [0, 0.1) is 6.92 Å². The highest BCUT2D eigenvalue weighted by Gasteiger charge is 2.17. The molecule has 1 amide bonds. The van der Waals surface area contributed by atoms with Crippen LogP contribution >= 0.6 is 23.2 Å². The molecule has 0 aliphatic rings. The van der Waals surface area contributed by atoms with Gasteiger partial charge in [0, 0.05) is 29.8 Å². The maximum atomic E-state index is 12.0. The normalized spacial score (nSPS) is 11.9. The van der Waals surface area contributed by atoms with E-state index in [1.807, 2.05) is 57.2 Å². The topological polar surface area (TPSA) is 91.9 Å². The van der Waals surface area contributed by atoms with Crippen molar-refractivity contribution >= 4 is 57.2 Å². The minimum Gasteiger partial charge on any atom is -0.486 e. The van der Waals surface area contributed by atoms with Gasteiger partial charge in [-0.15, -0.1) is 0 Å². The van der Waals surface area contributed by atoms with E-state index in [4.69, 9.17) is 27.9 Å². The smallest absolute Gasteiger partial charge is 0.224 e. The number of para-hydroxylation sites is 1. The van der Waals surface area contributed by atoms with Gasteiger partial charge >= 0.3 is 0 Å². The van der Waals surface area contributed by atoms with Gasteiger partial charge in [-0.2, -0.15) is 5.10 Å². The van der Waals surface area contributed by atoms with Crippen LogP contribution in [0.1, 0.15) is 37.5 Å². The Labute approximate surface area is 201 Å². The first kappa shape index (κ1) is 22.9. The van der Waals surface area contributed by atoms with Crippen molar-refractivity contribution in [3.63, 3.8) is 0 Å². The summed E-state index contributed by atoms with van der Waals surface area (Å²) in [5, 5.41) is 15.5. The molecule has 0 radical (unpaired) electrons. The number of aromatic nitrogens is 3. The molecule has 0 fully saturated rings. The van der Waals surface area contributed by atoms with Crippen molar-refractivity contribution in [3.8, 4) is 5.75 Å². The second kappa shape index (κ2) is 9.68. The number of H-pyrrole nitrogens is 1. The van der Waals surface area contributed by atoms with Crippen molar-refractivity contribution < 1.29 is 9.53 Å². The number of nitrogens with zero attached hydrogens (tertiary/aromatic N) is 2. The maximum absolute atomic E-state index is 12.0. The SMILES string of the molecule is CCC(=O)Nc1cccc(C)c1Nc1n[nH]c2ccc(O[C@H](C)c3c(Cl)cncc3Cl)cc12. The number of carbonyl (C=O) groups excluding carboxylic acids is 1. The second-order valence-corrected chi connectivity index (χ2v) is 8.40. The number of rotatable bonds is 7. The first-order valence-electron chi connectivity index (χ1n) is 10.5. The molecule has 0 unspecified atom stereocenters. The van der Waals surface area contributed by atoms with Crippen molar-refractivity contribution in [2.75, 3.05) is 10.6 Å². The summed E-state index contributed by atoms with van der Waals surface area (Å²) < 4.78 is 6.14. The first-order valence-corrected chi connectivity index (χ1v) is 11.2. The third kappa shape index (κ3) is 4.89. The summed E-state index contributed by atoms with van der Waals surface area (Å²) >= 11 is 12.6. The van der Waals surface area contributed by atoms with Crippen molar-refractivity contribution in [1.29, 1.82) is 0 Å². The molecule has 0 aliphatic heterocycles. The van der Waals surface area contributed by atoms with Crippen LogP contribution in [0.5, 0.6) is 5.75 Å². The lowest BCUT2D eigenvalue weighted by molar-refractivity contribution is -0.115. The van der Waals surface area contributed by atoms with E-state index < -0.39 is 0 Å². The van der Waals surface area contributed by atoms with Gasteiger partial charge in [0.05, 0.1) is 26.9 Å². The minimum absolute atomic E-state index is 0.0614. The van der Waals surface area contributed by atoms with Crippen LogP contribution in [-0.4, -0.2) is 21.1 Å². The van der Waals surface area contributed by atoms with Crippen molar-refractivity contribution in [2.45, 2.75) is 33.3 Å². The molecule has 2 heterocycles. The van der Waals surface area contributed by atoms with Gasteiger partial charge in [-0.05, 0) is 43.7 Å². The highest BCUT2D eigenvalue weighted by molar-refractivity contribution is 6.35. The van der Waals surface area contributed by atoms with Crippen LogP contribution < -0.4 is 15.4 Å². The molecule has 0 spiro atoms. The summed E-state index contributed by atoms with van der Waals surface area (Å²) in [5.41, 5.74) is 3.96. The van der Waals surface area contributed by atoms with Crippen LogP contribution in [0.25, 0.3) is 10.9 Å². The van der Waals surface area contributed by atoms with E-state index in [0.29, 0.717) is 39.3 Å². The number of aromatic amines is 1. The Morgan fingerprint density at radius 1 is 1.18 bits per heavy atom. The summed E-state index contributed by atoms with van der Waals surface area (Å²) in [6.45, 7) is 5.66. The summed E-state index contributed by atoms with van der Waals surface area (Å²) in [4.78, 5) is 16.0. The lowest BCUT2D eigenvalue weighted by Gasteiger charge is -2.17. The number of carbonyl (C=O) groups is 1. The zero-order chi connectivity index (χ0) is 23.5. The van der Waals surface area contributed by atoms with Gasteiger partial charge in [0.1, 0.15) is 11.9 Å². The fourth-order valence-corrected chi connectivity index (χ4v) is 4.20. The number of nitrogens with one attached hydrogen (secondary N) is 3. The summed E-state index contributed by atoms with van der Waals surface area (Å²) in [6.07, 6.45) is 3.09. The Morgan fingerprint density at radius 2 is 1.94 bits per heavy atom. The number of anilines is 3. The van der Waals surface area contributed by atoms with Crippen molar-refractivity contribution in [1.82, 2.24) is 15.2 Å². The Bertz CT molecular complexity index is 1300. The number of fused-ring (bicyclic) bond motifs is 1. The van der Waals surface area contributed by atoms with Gasteiger partial charge in [0.25, 0.3) is 0 Å². The monoisotopic (exact) mass is 483 g/mol. The molecule has 33 heavy (non-hydrogen) atoms. The quantitative estimate of drug-likeness (QED) is 0.268. The highest BCUT2D eigenvalue weighted by atomic mass is 35.5. The van der Waals surface area contributed by atoms with E-state index in [0.717, 1.165) is 22.2 Å². The molecule has 0 bridgehead atoms. The fourth-order valence-electron chi connectivity index (χ4n) is 3.53. The molecular formula is C24H23Cl2N5O2. The second-order valence-electron chi connectivity index (χ2n) is 7.58. The molecule has 2 aromatic heterocycles. The fraction of sp³-hybridized carbons (Fsp3) is 0.208. The van der Waals surface area contributed by atoms with Gasteiger partial charge in [0.15, 0.2) is 5.82 Å². The molecule has 4 rings (SSSR count). The molecule has 2 aromatic carbocycles. The average molecular weight is 484 g/mol. The molecule has 9 heteroatoms. The van der Waals surface area contributed by atoms with E-state index in [9.17, 15) is 4.79 Å². The summed E-state index contributed by atoms with van der Waals surface area (Å²) in [5.74, 6) is 1.19. The Morgan fingerprint density at radius 3 is 2.67 bits per heavy atom. The van der Waals surface area contributed by atoms with Gasteiger partial charge < -0.3 is 15.4 Å². The summed E-state index contributed by atoms with van der Waals surface area (Å²) in [7, 11) is 0. The largest absolute Gasteiger partial charge is 0.486 e. The zero-order valence-electron chi connectivity index (χ0n) is 18.4. The van der Waals surface area contributed by atoms with Crippen LogP contribution in [0.15, 0.2) is 48.8 Å². The molecule has 0 saturated carbocycles. The third-order valence-electron chi connectivity index (χ3n) is 5.26. The Balaban J connectivity index is 1.64. The first-order chi connectivity index (χ1) is 15.9. The molecule has 0 saturated heterocycles. The molecule has 4 aromatic rings. The average Bonchev–Trinajstić information content (AvgIpc) is 3.18. The minimum atomic E-state index is -0.388. The summed E-state index contributed by atoms with van der Waals surface area (Å²) in [6, 6.07) is 11.4. The molecule has 7 nitrogen and oxygen atoms in total. The van der Waals surface area contributed by atoms with Crippen molar-refractivity contribution in [3.05, 3.63) is 70.0 Å². The van der Waals surface area contributed by atoms with E-state index in [1.165, 1.54) is 0 Å². The number of hydrogen-bond acceptors (Lipinski definition) is 5. The van der Waals surface area contributed by atoms with E-state index in [2.05, 4.69) is 25.8 Å². The zero-order valence-corrected chi connectivity index (χ0v) is 19.9. The van der Waals surface area contributed by atoms with Gasteiger partial charge in [-0.1, -0.05) is 42.3 Å². The van der Waals surface area contributed by atoms with E-state index in [1.54, 1.807) is 12.4 Å². The molecule has 1 atom stereocenters. The van der Waals surface area contributed by atoms with E-state index in [-0.39, 0.29) is 12.0 Å². The number of pyridine rings is 1. The number of aryl methyl sites for hydroxylation is 1. The van der Waals surface area contributed by atoms with Crippen LogP contribution in [0.3, 0.4) is 0 Å². The van der Waals surface area contributed by atoms with Crippen molar-refractivity contribution in [2.24, 2.45) is 0 Å². The number of ether oxygens (including phenoxy) is 1. The number of halogens is 2. The Hall–Kier alpha value is -3.29. The number of amides is 1. The van der Waals surface area contributed by atoms with Crippen LogP contribution in [-0.2, 0) is 4.79 Å². The Kier molecular flexibility index (Phi) is 6.72. The standard InChI is InChI=1S/C24H23Cl2N5O2/c1-4-21(32)28-20-7-5-6-13(2)23(20)29-24-16-10-15(8-9-19(16)30-31-24)33-14(3)22-17(25)11-27-12-18(22)26/h5-12,14H,4H2,1-3H3,(H,28,32)(H2,29,30,31)/t14-/m1/s1. The molecular weight excluding hydrogens is 461 g/mol. The number of benzene rings is 2. The number of hydrogen-bond donors (Lipinski definition) is 3. The molecule has 3 N–H and O–H groups in total. The lowest BCUT2D eigenvalue weighted by atomic mass is 10.1. The predicted molar refractivity (Wildman–Crippen MR) is 133 cm³/mol. The van der Waals surface area contributed by atoms with Crippen LogP contribution in [0.2, 0.25) is 10.0 Å². The van der Waals surface area contributed by atoms with Gasteiger partial charge in [0.2, 0.25) is 5.91 Å². The third-order valence-corrected chi connectivity index (χ3v) is 5.86. The van der Waals surface area contributed by atoms with Gasteiger partial charge in [-0.3, -0.25) is 14.9 Å². The molecule has 0 aliphatic carbocycles.